The molecule has 0 spiro atoms. The highest BCUT2D eigenvalue weighted by Crippen LogP contribution is 2.14. The minimum Gasteiger partial charge on any atom is -0.412 e. The fourth-order valence-corrected chi connectivity index (χ4v) is 4.61. The monoisotopic (exact) mass is 344 g/mol. The maximum absolute atomic E-state index is 11.8. The highest BCUT2D eigenvalue weighted by molar-refractivity contribution is 7.99. The zero-order valence-corrected chi connectivity index (χ0v) is 13.2. The fraction of sp³-hybridized carbons (Fsp3) is 0.143. The van der Waals surface area contributed by atoms with Crippen molar-refractivity contribution in [2.24, 2.45) is 0 Å². The molecule has 0 aromatic heterocycles. The van der Waals surface area contributed by atoms with Gasteiger partial charge in [0.2, 0.25) is 0 Å². The molecule has 22 heavy (non-hydrogen) atoms. The molecule has 0 aliphatic rings. The fourth-order valence-electron chi connectivity index (χ4n) is 1.76. The highest BCUT2D eigenvalue weighted by atomic mass is 32.3. The van der Waals surface area contributed by atoms with E-state index in [1.165, 1.54) is 0 Å². The van der Waals surface area contributed by atoms with E-state index in [9.17, 15) is 16.8 Å². The number of hydrogen-bond donors (Lipinski definition) is 0. The van der Waals surface area contributed by atoms with Crippen LogP contribution in [0.25, 0.3) is 0 Å². The van der Waals surface area contributed by atoms with E-state index in [4.69, 9.17) is 0 Å². The quantitative estimate of drug-likeness (QED) is 0.783. The van der Waals surface area contributed by atoms with Crippen LogP contribution in [0.1, 0.15) is 11.1 Å². The Kier molecular flexibility index (Phi) is 6.24. The molecular weight excluding hydrogens is 328 g/mol. The highest BCUT2D eigenvalue weighted by Gasteiger charge is 2.23. The lowest BCUT2D eigenvalue weighted by molar-refractivity contribution is 0.460. The molecule has 0 atom stereocenters. The first-order chi connectivity index (χ1) is 9.86. The molecule has 6 nitrogen and oxygen atoms in total. The van der Waals surface area contributed by atoms with Crippen molar-refractivity contribution in [2.75, 3.05) is 0 Å². The van der Waals surface area contributed by atoms with Gasteiger partial charge in [-0.2, -0.15) is 16.8 Å². The zero-order chi connectivity index (χ0) is 15.3. The predicted molar refractivity (Wildman–Crippen MR) is 82.8 cm³/mol. The van der Waals surface area contributed by atoms with E-state index in [1.54, 1.807) is 60.7 Å². The number of benzene rings is 2. The molecule has 0 saturated heterocycles. The lowest BCUT2D eigenvalue weighted by Crippen LogP contribution is -2.17. The number of hydrogen-bond acceptors (Lipinski definition) is 5. The lowest BCUT2D eigenvalue weighted by Gasteiger charge is -2.06. The second-order valence-electron chi connectivity index (χ2n) is 4.44. The van der Waals surface area contributed by atoms with Crippen LogP contribution in [0.4, 0.5) is 0 Å². The van der Waals surface area contributed by atoms with Crippen LogP contribution in [-0.2, 0) is 35.4 Å². The average molecular weight is 344 g/mol. The summed E-state index contributed by atoms with van der Waals surface area (Å²) in [6.07, 6.45) is 0. The maximum Gasteiger partial charge on any atom is 0.286 e. The molecular formula is C14H16O6S2. The summed E-state index contributed by atoms with van der Waals surface area (Å²) < 4.78 is 51.6. The largest absolute Gasteiger partial charge is 0.412 e. The molecule has 0 aliphatic heterocycles. The van der Waals surface area contributed by atoms with Gasteiger partial charge in [-0.1, -0.05) is 60.7 Å². The van der Waals surface area contributed by atoms with Gasteiger partial charge in [0.15, 0.2) is 0 Å². The van der Waals surface area contributed by atoms with Crippen LogP contribution in [-0.4, -0.2) is 22.3 Å². The summed E-state index contributed by atoms with van der Waals surface area (Å²) in [4.78, 5) is 0. The predicted octanol–water partition coefficient (Wildman–Crippen LogP) is 1.24. The Hall–Kier alpha value is -1.74. The molecule has 0 aliphatic carbocycles. The molecule has 2 aromatic rings. The third kappa shape index (κ3) is 5.94. The molecule has 2 rings (SSSR count). The molecule has 2 aromatic carbocycles. The topological polar surface area (TPSA) is 109 Å². The van der Waals surface area contributed by atoms with Crippen molar-refractivity contribution in [3.8, 4) is 0 Å². The van der Waals surface area contributed by atoms with Gasteiger partial charge in [-0.15, -0.1) is 3.63 Å². The van der Waals surface area contributed by atoms with Gasteiger partial charge >= 0.3 is 0 Å². The maximum atomic E-state index is 11.8. The van der Waals surface area contributed by atoms with Gasteiger partial charge in [-0.05, 0) is 11.1 Å². The summed E-state index contributed by atoms with van der Waals surface area (Å²) in [5.74, 6) is -0.969. The van der Waals surface area contributed by atoms with Gasteiger partial charge in [-0.25, -0.2) is 0 Å². The Morgan fingerprint density at radius 2 is 0.955 bits per heavy atom. The molecule has 0 radical (unpaired) electrons. The Labute approximate surface area is 129 Å². The summed E-state index contributed by atoms with van der Waals surface area (Å²) in [7, 11) is -8.40. The molecule has 0 fully saturated rings. The van der Waals surface area contributed by atoms with Gasteiger partial charge < -0.3 is 5.48 Å². The molecule has 0 heterocycles. The third-order valence-electron chi connectivity index (χ3n) is 2.58. The van der Waals surface area contributed by atoms with E-state index in [0.29, 0.717) is 11.1 Å². The van der Waals surface area contributed by atoms with E-state index in [2.05, 4.69) is 3.63 Å². The number of rotatable bonds is 6. The van der Waals surface area contributed by atoms with Gasteiger partial charge in [-0.3, -0.25) is 0 Å². The van der Waals surface area contributed by atoms with Crippen LogP contribution in [0.15, 0.2) is 60.7 Å². The normalized spacial score (nSPS) is 11.6. The lowest BCUT2D eigenvalue weighted by atomic mass is 10.2. The summed E-state index contributed by atoms with van der Waals surface area (Å²) in [5, 5.41) is 0. The van der Waals surface area contributed by atoms with E-state index in [-0.39, 0.29) is 5.48 Å². The molecule has 2 N–H and O–H groups in total. The summed E-state index contributed by atoms with van der Waals surface area (Å²) in [6, 6.07) is 16.5. The van der Waals surface area contributed by atoms with Gasteiger partial charge in [0, 0.05) is 0 Å². The minimum absolute atomic E-state index is 0. The van der Waals surface area contributed by atoms with Gasteiger partial charge in [0.1, 0.15) is 11.5 Å². The van der Waals surface area contributed by atoms with Crippen molar-refractivity contribution >= 4 is 20.2 Å². The van der Waals surface area contributed by atoms with Crippen LogP contribution in [0.5, 0.6) is 0 Å². The van der Waals surface area contributed by atoms with Crippen LogP contribution >= 0.6 is 0 Å². The van der Waals surface area contributed by atoms with Gasteiger partial charge in [0.25, 0.3) is 20.2 Å². The Balaban J connectivity index is 0.00000242. The SMILES string of the molecule is O.O=S(=O)(Cc1ccccc1)OS(=O)(=O)Cc1ccccc1. The van der Waals surface area contributed by atoms with Crippen molar-refractivity contribution in [2.45, 2.75) is 11.5 Å². The molecule has 0 unspecified atom stereocenters. The van der Waals surface area contributed by atoms with Crippen molar-refractivity contribution in [1.82, 2.24) is 0 Å². The second-order valence-corrected chi connectivity index (χ2v) is 7.80. The van der Waals surface area contributed by atoms with Crippen molar-refractivity contribution in [1.29, 1.82) is 0 Å². The molecule has 0 amide bonds. The van der Waals surface area contributed by atoms with Crippen LogP contribution in [0.2, 0.25) is 0 Å². The van der Waals surface area contributed by atoms with E-state index < -0.39 is 31.7 Å². The first kappa shape index (κ1) is 18.3. The van der Waals surface area contributed by atoms with E-state index in [1.807, 2.05) is 0 Å². The molecule has 0 saturated carbocycles. The van der Waals surface area contributed by atoms with Gasteiger partial charge in [0.05, 0.1) is 0 Å². The van der Waals surface area contributed by atoms with Crippen molar-refractivity contribution in [3.63, 3.8) is 0 Å². The Morgan fingerprint density at radius 1 is 0.636 bits per heavy atom. The van der Waals surface area contributed by atoms with Crippen LogP contribution in [0.3, 0.4) is 0 Å². The second kappa shape index (κ2) is 7.50. The minimum atomic E-state index is -4.20. The molecule has 0 bridgehead atoms. The smallest absolute Gasteiger partial charge is 0.286 e. The average Bonchev–Trinajstić information content (AvgIpc) is 2.38. The first-order valence-electron chi connectivity index (χ1n) is 6.11. The standard InChI is InChI=1S/C14H14O5S2.H2O/c15-20(16,11-13-7-3-1-4-8-13)19-21(17,18)12-14-9-5-2-6-10-14;/h1-10H,11-12H2;1H2. The van der Waals surface area contributed by atoms with E-state index >= 15 is 0 Å². The Morgan fingerprint density at radius 3 is 1.27 bits per heavy atom. The summed E-state index contributed by atoms with van der Waals surface area (Å²) >= 11 is 0. The summed E-state index contributed by atoms with van der Waals surface area (Å²) in [6.45, 7) is 0. The Bertz CT molecular complexity index is 714. The van der Waals surface area contributed by atoms with Crippen molar-refractivity contribution < 1.29 is 25.9 Å². The van der Waals surface area contributed by atoms with Crippen molar-refractivity contribution in [3.05, 3.63) is 71.8 Å². The third-order valence-corrected chi connectivity index (χ3v) is 5.61. The van der Waals surface area contributed by atoms with E-state index in [0.717, 1.165) is 0 Å². The van der Waals surface area contributed by atoms with Crippen LogP contribution in [0, 0.1) is 0 Å². The molecule has 8 heteroatoms. The van der Waals surface area contributed by atoms with Crippen LogP contribution < -0.4 is 0 Å². The summed E-state index contributed by atoms with van der Waals surface area (Å²) in [5.41, 5.74) is 0.930. The zero-order valence-electron chi connectivity index (χ0n) is 11.5. The molecule has 120 valence electrons. The first-order valence-corrected chi connectivity index (χ1v) is 9.26.